The molecule has 2 unspecified atom stereocenters. The predicted octanol–water partition coefficient (Wildman–Crippen LogP) is 2.90. The molecule has 1 fully saturated rings. The van der Waals surface area contributed by atoms with E-state index in [0.717, 1.165) is 29.3 Å². The van der Waals surface area contributed by atoms with Gasteiger partial charge in [0, 0.05) is 17.6 Å². The molecule has 0 aliphatic heterocycles. The molecular weight excluding hydrogens is 306 g/mol. The first kappa shape index (κ1) is 14.5. The first-order valence-corrected chi connectivity index (χ1v) is 7.56. The maximum absolute atomic E-state index is 12.1. The maximum atomic E-state index is 12.1. The van der Waals surface area contributed by atoms with E-state index in [1.807, 2.05) is 25.1 Å². The van der Waals surface area contributed by atoms with E-state index in [4.69, 9.17) is 0 Å². The van der Waals surface area contributed by atoms with Crippen molar-refractivity contribution in [2.24, 2.45) is 11.8 Å². The Morgan fingerprint density at radius 1 is 1.42 bits per heavy atom. The Kier molecular flexibility index (Phi) is 4.99. The van der Waals surface area contributed by atoms with Gasteiger partial charge in [0.05, 0.1) is 5.56 Å². The van der Waals surface area contributed by atoms with Crippen LogP contribution in [0, 0.1) is 18.8 Å². The third-order valence-electron chi connectivity index (χ3n) is 3.95. The van der Waals surface area contributed by atoms with Crippen LogP contribution in [0.4, 0.5) is 0 Å². The molecule has 1 aromatic carbocycles. The lowest BCUT2D eigenvalue weighted by Crippen LogP contribution is -2.31. The van der Waals surface area contributed by atoms with Gasteiger partial charge < -0.3 is 10.4 Å². The zero-order chi connectivity index (χ0) is 13.8. The molecule has 4 heteroatoms. The van der Waals surface area contributed by atoms with Crippen LogP contribution < -0.4 is 5.32 Å². The number of rotatable bonds is 4. The highest BCUT2D eigenvalue weighted by atomic mass is 79.9. The number of hydrogen-bond donors (Lipinski definition) is 2. The highest BCUT2D eigenvalue weighted by Crippen LogP contribution is 2.30. The molecule has 1 aliphatic carbocycles. The quantitative estimate of drug-likeness (QED) is 0.894. The first-order valence-electron chi connectivity index (χ1n) is 6.77. The van der Waals surface area contributed by atoms with Gasteiger partial charge in [0.25, 0.3) is 5.91 Å². The molecule has 19 heavy (non-hydrogen) atoms. The van der Waals surface area contributed by atoms with Gasteiger partial charge in [-0.05, 0) is 65.2 Å². The predicted molar refractivity (Wildman–Crippen MR) is 79.1 cm³/mol. The Labute approximate surface area is 122 Å². The lowest BCUT2D eigenvalue weighted by Gasteiger charge is -2.18. The van der Waals surface area contributed by atoms with Crippen LogP contribution in [-0.2, 0) is 0 Å². The van der Waals surface area contributed by atoms with Gasteiger partial charge in [0.1, 0.15) is 0 Å². The van der Waals surface area contributed by atoms with Crippen molar-refractivity contribution in [2.45, 2.75) is 26.2 Å². The molecule has 0 saturated heterocycles. The molecule has 1 saturated carbocycles. The Balaban J connectivity index is 1.94. The highest BCUT2D eigenvalue weighted by Gasteiger charge is 2.26. The van der Waals surface area contributed by atoms with Crippen molar-refractivity contribution < 1.29 is 9.90 Å². The second kappa shape index (κ2) is 6.53. The second-order valence-corrected chi connectivity index (χ2v) is 6.18. The van der Waals surface area contributed by atoms with Crippen molar-refractivity contribution in [3.63, 3.8) is 0 Å². The van der Waals surface area contributed by atoms with Gasteiger partial charge in [-0.1, -0.05) is 12.5 Å². The number of carbonyl (C=O) groups excluding carboxylic acids is 1. The SMILES string of the molecule is Cc1ccc(C(=O)NCC2CCCC2CO)c(Br)c1. The molecule has 2 atom stereocenters. The molecular formula is C15H20BrNO2. The van der Waals surface area contributed by atoms with E-state index in [9.17, 15) is 9.90 Å². The smallest absolute Gasteiger partial charge is 0.252 e. The van der Waals surface area contributed by atoms with Crippen LogP contribution in [0.2, 0.25) is 0 Å². The minimum absolute atomic E-state index is 0.0459. The standard InChI is InChI=1S/C15H20BrNO2/c1-10-5-6-13(14(16)7-10)15(19)17-8-11-3-2-4-12(11)9-18/h5-7,11-12,18H,2-4,8-9H2,1H3,(H,17,19). The normalized spacial score (nSPS) is 22.5. The number of benzene rings is 1. The number of nitrogens with one attached hydrogen (secondary N) is 1. The monoisotopic (exact) mass is 325 g/mol. The molecule has 2 N–H and O–H groups in total. The van der Waals surface area contributed by atoms with Crippen LogP contribution >= 0.6 is 15.9 Å². The van der Waals surface area contributed by atoms with Crippen LogP contribution in [0.15, 0.2) is 22.7 Å². The number of hydrogen-bond acceptors (Lipinski definition) is 2. The molecule has 2 rings (SSSR count). The van der Waals surface area contributed by atoms with Crippen LogP contribution in [0.1, 0.15) is 35.2 Å². The van der Waals surface area contributed by atoms with Crippen LogP contribution in [0.3, 0.4) is 0 Å². The van der Waals surface area contributed by atoms with Crippen LogP contribution in [-0.4, -0.2) is 24.2 Å². The van der Waals surface area contributed by atoms with E-state index in [0.29, 0.717) is 23.9 Å². The summed E-state index contributed by atoms with van der Waals surface area (Å²) in [7, 11) is 0. The van der Waals surface area contributed by atoms with E-state index in [1.165, 1.54) is 0 Å². The first-order chi connectivity index (χ1) is 9.11. The van der Waals surface area contributed by atoms with Gasteiger partial charge in [-0.3, -0.25) is 4.79 Å². The summed E-state index contributed by atoms with van der Waals surface area (Å²) < 4.78 is 0.829. The molecule has 1 aliphatic rings. The fourth-order valence-electron chi connectivity index (χ4n) is 2.75. The Bertz CT molecular complexity index is 461. The van der Waals surface area contributed by atoms with E-state index < -0.39 is 0 Å². The zero-order valence-electron chi connectivity index (χ0n) is 11.2. The van der Waals surface area contributed by atoms with Gasteiger partial charge >= 0.3 is 0 Å². The topological polar surface area (TPSA) is 49.3 Å². The minimum Gasteiger partial charge on any atom is -0.396 e. The number of amides is 1. The van der Waals surface area contributed by atoms with E-state index in [-0.39, 0.29) is 12.5 Å². The Morgan fingerprint density at radius 2 is 2.16 bits per heavy atom. The number of aryl methyl sites for hydroxylation is 1. The zero-order valence-corrected chi connectivity index (χ0v) is 12.7. The average Bonchev–Trinajstić information content (AvgIpc) is 2.83. The summed E-state index contributed by atoms with van der Waals surface area (Å²) in [5, 5.41) is 12.3. The van der Waals surface area contributed by atoms with E-state index >= 15 is 0 Å². The molecule has 0 bridgehead atoms. The van der Waals surface area contributed by atoms with Crippen molar-refractivity contribution in [2.75, 3.05) is 13.2 Å². The summed E-state index contributed by atoms with van der Waals surface area (Å²) in [6.07, 6.45) is 3.33. The number of carbonyl (C=O) groups is 1. The van der Waals surface area contributed by atoms with Crippen molar-refractivity contribution in [3.8, 4) is 0 Å². The number of halogens is 1. The lowest BCUT2D eigenvalue weighted by molar-refractivity contribution is 0.0937. The summed E-state index contributed by atoms with van der Waals surface area (Å²) in [5.41, 5.74) is 1.80. The fraction of sp³-hybridized carbons (Fsp3) is 0.533. The molecule has 0 heterocycles. The van der Waals surface area contributed by atoms with Gasteiger partial charge in [0.2, 0.25) is 0 Å². The number of aliphatic hydroxyl groups is 1. The molecule has 1 aromatic rings. The largest absolute Gasteiger partial charge is 0.396 e. The van der Waals surface area contributed by atoms with Crippen LogP contribution in [0.25, 0.3) is 0 Å². The molecule has 0 spiro atoms. The van der Waals surface area contributed by atoms with Crippen molar-refractivity contribution in [3.05, 3.63) is 33.8 Å². The minimum atomic E-state index is -0.0459. The Hall–Kier alpha value is -0.870. The van der Waals surface area contributed by atoms with Gasteiger partial charge in [-0.25, -0.2) is 0 Å². The second-order valence-electron chi connectivity index (χ2n) is 5.33. The molecule has 104 valence electrons. The van der Waals surface area contributed by atoms with Crippen molar-refractivity contribution in [1.82, 2.24) is 5.32 Å². The van der Waals surface area contributed by atoms with Crippen LogP contribution in [0.5, 0.6) is 0 Å². The third-order valence-corrected chi connectivity index (χ3v) is 4.60. The molecule has 3 nitrogen and oxygen atoms in total. The van der Waals surface area contributed by atoms with E-state index in [1.54, 1.807) is 0 Å². The van der Waals surface area contributed by atoms with Gasteiger partial charge in [-0.15, -0.1) is 0 Å². The number of aliphatic hydroxyl groups excluding tert-OH is 1. The van der Waals surface area contributed by atoms with E-state index in [2.05, 4.69) is 21.2 Å². The summed E-state index contributed by atoms with van der Waals surface area (Å²) in [6.45, 7) is 2.88. The molecule has 0 aromatic heterocycles. The molecule has 0 radical (unpaired) electrons. The highest BCUT2D eigenvalue weighted by molar-refractivity contribution is 9.10. The summed E-state index contributed by atoms with van der Waals surface area (Å²) in [5.74, 6) is 0.718. The third kappa shape index (κ3) is 3.57. The summed E-state index contributed by atoms with van der Waals surface area (Å²) in [6, 6.07) is 5.72. The molecule has 1 amide bonds. The van der Waals surface area contributed by atoms with Gasteiger partial charge in [0.15, 0.2) is 0 Å². The Morgan fingerprint density at radius 3 is 2.84 bits per heavy atom. The maximum Gasteiger partial charge on any atom is 0.252 e. The fourth-order valence-corrected chi connectivity index (χ4v) is 3.42. The van der Waals surface area contributed by atoms with Gasteiger partial charge in [-0.2, -0.15) is 0 Å². The van der Waals surface area contributed by atoms with Crippen molar-refractivity contribution in [1.29, 1.82) is 0 Å². The van der Waals surface area contributed by atoms with Crippen molar-refractivity contribution >= 4 is 21.8 Å². The lowest BCUT2D eigenvalue weighted by atomic mass is 9.97. The average molecular weight is 326 g/mol. The summed E-state index contributed by atoms with van der Waals surface area (Å²) in [4.78, 5) is 12.1. The summed E-state index contributed by atoms with van der Waals surface area (Å²) >= 11 is 3.43.